The third-order valence-electron chi connectivity index (χ3n) is 1.89. The van der Waals surface area contributed by atoms with Crippen molar-refractivity contribution < 1.29 is 4.84 Å². The van der Waals surface area contributed by atoms with Crippen molar-refractivity contribution in [3.63, 3.8) is 0 Å². The number of rotatable bonds is 1. The fourth-order valence-corrected chi connectivity index (χ4v) is 1.48. The Bertz CT molecular complexity index is 326. The molecule has 4 heteroatoms. The van der Waals surface area contributed by atoms with Gasteiger partial charge in [-0.05, 0) is 17.2 Å². The highest BCUT2D eigenvalue weighted by atomic mass is 35.5. The minimum absolute atomic E-state index is 0.117. The molecule has 2 rings (SSSR count). The average molecular weight is 197 g/mol. The molecule has 0 N–H and O–H groups in total. The predicted octanol–water partition coefficient (Wildman–Crippen LogP) is 2.16. The summed E-state index contributed by atoms with van der Waals surface area (Å²) in [6.45, 7) is 0. The second-order valence-electron chi connectivity index (χ2n) is 2.80. The zero-order valence-electron chi connectivity index (χ0n) is 7.14. The van der Waals surface area contributed by atoms with Gasteiger partial charge in [-0.1, -0.05) is 30.3 Å². The SMILES string of the molecule is CN1OC(Cl)=NC1c1ccccc1. The van der Waals surface area contributed by atoms with Crippen molar-refractivity contribution in [2.75, 3.05) is 7.05 Å². The van der Waals surface area contributed by atoms with Gasteiger partial charge in [-0.25, -0.2) is 4.99 Å². The van der Waals surface area contributed by atoms with E-state index in [9.17, 15) is 0 Å². The van der Waals surface area contributed by atoms with E-state index in [0.29, 0.717) is 0 Å². The van der Waals surface area contributed by atoms with Gasteiger partial charge in [0.25, 0.3) is 0 Å². The number of benzene rings is 1. The quantitative estimate of drug-likeness (QED) is 0.688. The van der Waals surface area contributed by atoms with Gasteiger partial charge in [-0.3, -0.25) is 0 Å². The lowest BCUT2D eigenvalue weighted by Gasteiger charge is -2.14. The molecule has 0 radical (unpaired) electrons. The van der Waals surface area contributed by atoms with Gasteiger partial charge in [-0.15, -0.1) is 5.06 Å². The van der Waals surface area contributed by atoms with Crippen LogP contribution in [0.25, 0.3) is 0 Å². The largest absolute Gasteiger partial charge is 0.371 e. The van der Waals surface area contributed by atoms with Gasteiger partial charge in [0.1, 0.15) is 0 Å². The lowest BCUT2D eigenvalue weighted by Crippen LogP contribution is -2.17. The summed E-state index contributed by atoms with van der Waals surface area (Å²) in [6, 6.07) is 9.87. The molecule has 1 aliphatic heterocycles. The van der Waals surface area contributed by atoms with Crippen molar-refractivity contribution in [3.8, 4) is 0 Å². The smallest absolute Gasteiger partial charge is 0.305 e. The molecule has 0 aromatic heterocycles. The van der Waals surface area contributed by atoms with Gasteiger partial charge in [0, 0.05) is 7.05 Å². The van der Waals surface area contributed by atoms with Crippen LogP contribution < -0.4 is 0 Å². The molecule has 0 bridgehead atoms. The Morgan fingerprint density at radius 2 is 2.08 bits per heavy atom. The number of hydroxylamine groups is 2. The first-order valence-corrected chi connectivity index (χ1v) is 4.34. The highest BCUT2D eigenvalue weighted by molar-refractivity contribution is 6.63. The second-order valence-corrected chi connectivity index (χ2v) is 3.13. The van der Waals surface area contributed by atoms with Crippen LogP contribution in [0.3, 0.4) is 0 Å². The molecule has 0 aliphatic carbocycles. The van der Waals surface area contributed by atoms with E-state index < -0.39 is 0 Å². The molecule has 3 nitrogen and oxygen atoms in total. The normalized spacial score (nSPS) is 22.6. The number of aliphatic imine (C=N–C) groups is 1. The number of nitrogens with zero attached hydrogens (tertiary/aromatic N) is 2. The van der Waals surface area contributed by atoms with E-state index in [4.69, 9.17) is 16.4 Å². The van der Waals surface area contributed by atoms with E-state index in [0.717, 1.165) is 5.56 Å². The topological polar surface area (TPSA) is 24.8 Å². The van der Waals surface area contributed by atoms with Crippen LogP contribution in [0.15, 0.2) is 35.3 Å². The highest BCUT2D eigenvalue weighted by Gasteiger charge is 2.25. The third kappa shape index (κ3) is 1.66. The minimum atomic E-state index is -0.117. The van der Waals surface area contributed by atoms with E-state index in [-0.39, 0.29) is 11.5 Å². The van der Waals surface area contributed by atoms with Crippen LogP contribution >= 0.6 is 11.6 Å². The van der Waals surface area contributed by atoms with E-state index >= 15 is 0 Å². The number of halogens is 1. The molecular weight excluding hydrogens is 188 g/mol. The van der Waals surface area contributed by atoms with Gasteiger partial charge in [0.15, 0.2) is 6.17 Å². The van der Waals surface area contributed by atoms with Crippen molar-refractivity contribution in [1.82, 2.24) is 5.06 Å². The zero-order chi connectivity index (χ0) is 9.26. The Morgan fingerprint density at radius 3 is 2.62 bits per heavy atom. The molecule has 68 valence electrons. The molecule has 1 aromatic rings. The van der Waals surface area contributed by atoms with Gasteiger partial charge >= 0.3 is 5.36 Å². The number of hydrogen-bond acceptors (Lipinski definition) is 3. The Kier molecular flexibility index (Phi) is 2.20. The summed E-state index contributed by atoms with van der Waals surface area (Å²) in [5.74, 6) is 0. The summed E-state index contributed by atoms with van der Waals surface area (Å²) >= 11 is 5.64. The Hall–Kier alpha value is -1.06. The summed E-state index contributed by atoms with van der Waals surface area (Å²) in [4.78, 5) is 9.20. The summed E-state index contributed by atoms with van der Waals surface area (Å²) in [7, 11) is 1.80. The highest BCUT2D eigenvalue weighted by Crippen LogP contribution is 2.26. The first-order valence-electron chi connectivity index (χ1n) is 3.96. The number of hydrogen-bond donors (Lipinski definition) is 0. The van der Waals surface area contributed by atoms with Crippen molar-refractivity contribution >= 4 is 17.0 Å². The standard InChI is InChI=1S/C9H9ClN2O/c1-12-8(11-9(10)13-12)7-5-3-2-4-6-7/h2-6,8H,1H3. The van der Waals surface area contributed by atoms with E-state index in [2.05, 4.69) is 4.99 Å². The lowest BCUT2D eigenvalue weighted by atomic mass is 10.2. The molecule has 13 heavy (non-hydrogen) atoms. The van der Waals surface area contributed by atoms with Gasteiger partial charge < -0.3 is 4.84 Å². The van der Waals surface area contributed by atoms with E-state index in [1.807, 2.05) is 30.3 Å². The Balaban J connectivity index is 2.27. The van der Waals surface area contributed by atoms with Crippen molar-refractivity contribution in [1.29, 1.82) is 0 Å². The van der Waals surface area contributed by atoms with E-state index in [1.165, 1.54) is 0 Å². The molecule has 1 atom stereocenters. The summed E-state index contributed by atoms with van der Waals surface area (Å²) in [6.07, 6.45) is -0.117. The van der Waals surface area contributed by atoms with Crippen LogP contribution in [0.4, 0.5) is 0 Å². The fourth-order valence-electron chi connectivity index (χ4n) is 1.28. The maximum Gasteiger partial charge on any atom is 0.305 e. The molecule has 1 aromatic carbocycles. The Morgan fingerprint density at radius 1 is 1.38 bits per heavy atom. The maximum absolute atomic E-state index is 5.64. The first kappa shape index (κ1) is 8.53. The lowest BCUT2D eigenvalue weighted by molar-refractivity contribution is -0.0549. The fraction of sp³-hybridized carbons (Fsp3) is 0.222. The third-order valence-corrected chi connectivity index (χ3v) is 2.05. The van der Waals surface area contributed by atoms with Gasteiger partial charge in [-0.2, -0.15) is 0 Å². The molecule has 0 saturated carbocycles. The average Bonchev–Trinajstić information content (AvgIpc) is 2.47. The molecule has 0 amide bonds. The van der Waals surface area contributed by atoms with Crippen molar-refractivity contribution in [3.05, 3.63) is 35.9 Å². The molecule has 0 saturated heterocycles. The maximum atomic E-state index is 5.64. The molecule has 1 heterocycles. The van der Waals surface area contributed by atoms with Crippen LogP contribution in [0.1, 0.15) is 11.7 Å². The van der Waals surface area contributed by atoms with Crippen molar-refractivity contribution in [2.24, 2.45) is 4.99 Å². The van der Waals surface area contributed by atoms with Crippen LogP contribution in [0, 0.1) is 0 Å². The molecule has 0 spiro atoms. The summed E-state index contributed by atoms with van der Waals surface area (Å²) in [5, 5.41) is 1.81. The van der Waals surface area contributed by atoms with Crippen LogP contribution in [0.5, 0.6) is 0 Å². The molecule has 1 unspecified atom stereocenters. The predicted molar refractivity (Wildman–Crippen MR) is 51.3 cm³/mol. The van der Waals surface area contributed by atoms with Gasteiger partial charge in [0.2, 0.25) is 0 Å². The zero-order valence-corrected chi connectivity index (χ0v) is 7.90. The van der Waals surface area contributed by atoms with Crippen molar-refractivity contribution in [2.45, 2.75) is 6.17 Å². The monoisotopic (exact) mass is 196 g/mol. The molecule has 0 fully saturated rings. The summed E-state index contributed by atoms with van der Waals surface area (Å²) in [5.41, 5.74) is 1.07. The van der Waals surface area contributed by atoms with Gasteiger partial charge in [0.05, 0.1) is 0 Å². The molecular formula is C9H9ClN2O. The molecule has 1 aliphatic rings. The minimum Gasteiger partial charge on any atom is -0.371 e. The van der Waals surface area contributed by atoms with Crippen LogP contribution in [0.2, 0.25) is 0 Å². The Labute approximate surface area is 81.5 Å². The summed E-state index contributed by atoms with van der Waals surface area (Å²) < 4.78 is 0. The van der Waals surface area contributed by atoms with E-state index in [1.54, 1.807) is 12.1 Å². The first-order chi connectivity index (χ1) is 6.27. The second kappa shape index (κ2) is 3.36. The van der Waals surface area contributed by atoms with Crippen LogP contribution in [-0.2, 0) is 4.84 Å². The van der Waals surface area contributed by atoms with Crippen LogP contribution in [-0.4, -0.2) is 17.5 Å².